The minimum absolute atomic E-state index is 0.149. The number of piperidine rings is 1. The Morgan fingerprint density at radius 1 is 1.17 bits per heavy atom. The predicted molar refractivity (Wildman–Crippen MR) is 113 cm³/mol. The third-order valence-electron chi connectivity index (χ3n) is 5.93. The molecule has 2 aromatic carbocycles. The summed E-state index contributed by atoms with van der Waals surface area (Å²) in [6.45, 7) is 5.20. The smallest absolute Gasteiger partial charge is 0.274 e. The maximum absolute atomic E-state index is 12.9. The van der Waals surface area contributed by atoms with Gasteiger partial charge < -0.3 is 14.6 Å². The molecule has 1 N–H and O–H groups in total. The zero-order valence-corrected chi connectivity index (χ0v) is 17.1. The number of fused-ring (bicyclic) bond motifs is 3. The van der Waals surface area contributed by atoms with E-state index in [0.29, 0.717) is 18.1 Å². The van der Waals surface area contributed by atoms with Crippen molar-refractivity contribution in [2.24, 2.45) is 0 Å². The molecule has 0 atom stereocenters. The van der Waals surface area contributed by atoms with Crippen molar-refractivity contribution in [2.45, 2.75) is 39.0 Å². The van der Waals surface area contributed by atoms with Crippen LogP contribution in [-0.4, -0.2) is 35.1 Å². The molecule has 6 heteroatoms. The lowest BCUT2D eigenvalue weighted by molar-refractivity contribution is 0.0898. The van der Waals surface area contributed by atoms with Crippen molar-refractivity contribution in [1.29, 1.82) is 0 Å². The highest BCUT2D eigenvalue weighted by Gasteiger charge is 2.30. The Morgan fingerprint density at radius 2 is 1.97 bits per heavy atom. The van der Waals surface area contributed by atoms with E-state index in [1.54, 1.807) is 0 Å². The molecular weight excluding hydrogens is 378 g/mol. The Kier molecular flexibility index (Phi) is 5.01. The minimum Gasteiger partial charge on any atom is -0.488 e. The highest BCUT2D eigenvalue weighted by atomic mass is 16.5. The van der Waals surface area contributed by atoms with Crippen LogP contribution in [0.3, 0.4) is 0 Å². The molecule has 154 valence electrons. The molecule has 5 rings (SSSR count). The number of hydrogen-bond donors (Lipinski definition) is 1. The van der Waals surface area contributed by atoms with Gasteiger partial charge in [0.25, 0.3) is 5.91 Å². The number of carbonyl (C=O) groups is 1. The largest absolute Gasteiger partial charge is 0.488 e. The Hall–Kier alpha value is -3.12. The van der Waals surface area contributed by atoms with Gasteiger partial charge in [-0.2, -0.15) is 0 Å². The SMILES string of the molecule is Cc1ccc2c(c1)-c1onc(C(=O)NC3CCN(Cc4ccccc4)CC3)c1CO2. The molecule has 6 nitrogen and oxygen atoms in total. The zero-order valence-electron chi connectivity index (χ0n) is 17.1. The number of carbonyl (C=O) groups excluding carboxylic acids is 1. The average molecular weight is 403 g/mol. The summed E-state index contributed by atoms with van der Waals surface area (Å²) in [5.74, 6) is 1.23. The molecule has 0 unspecified atom stereocenters. The molecule has 0 aliphatic carbocycles. The number of nitrogens with zero attached hydrogens (tertiary/aromatic N) is 2. The molecule has 0 bridgehead atoms. The second kappa shape index (κ2) is 7.95. The molecule has 2 aliphatic heterocycles. The van der Waals surface area contributed by atoms with E-state index in [9.17, 15) is 4.79 Å². The molecule has 2 aliphatic rings. The summed E-state index contributed by atoms with van der Waals surface area (Å²) < 4.78 is 11.4. The first kappa shape index (κ1) is 18.9. The second-order valence-electron chi connectivity index (χ2n) is 8.14. The highest BCUT2D eigenvalue weighted by Crippen LogP contribution is 2.39. The summed E-state index contributed by atoms with van der Waals surface area (Å²) in [6.07, 6.45) is 1.86. The monoisotopic (exact) mass is 403 g/mol. The fourth-order valence-corrected chi connectivity index (χ4v) is 4.26. The minimum atomic E-state index is -0.179. The molecule has 30 heavy (non-hydrogen) atoms. The number of likely N-dealkylation sites (tertiary alicyclic amines) is 1. The van der Waals surface area contributed by atoms with Gasteiger partial charge in [-0.1, -0.05) is 47.1 Å². The van der Waals surface area contributed by atoms with Crippen molar-refractivity contribution in [3.63, 3.8) is 0 Å². The summed E-state index contributed by atoms with van der Waals surface area (Å²) in [4.78, 5) is 15.3. The molecule has 3 aromatic rings. The first-order valence-corrected chi connectivity index (χ1v) is 10.5. The van der Waals surface area contributed by atoms with E-state index in [1.807, 2.05) is 31.2 Å². The normalized spacial score (nSPS) is 16.4. The molecule has 0 radical (unpaired) electrons. The number of aryl methyl sites for hydroxylation is 1. The van der Waals surface area contributed by atoms with Crippen molar-refractivity contribution in [3.05, 3.63) is 70.9 Å². The van der Waals surface area contributed by atoms with Crippen LogP contribution >= 0.6 is 0 Å². The molecule has 1 fully saturated rings. The van der Waals surface area contributed by atoms with Crippen molar-refractivity contribution in [3.8, 4) is 17.1 Å². The lowest BCUT2D eigenvalue weighted by atomic mass is 10.0. The molecular formula is C24H25N3O3. The van der Waals surface area contributed by atoms with E-state index < -0.39 is 0 Å². The molecule has 3 heterocycles. The fraction of sp³-hybridized carbons (Fsp3) is 0.333. The van der Waals surface area contributed by atoms with Gasteiger partial charge in [-0.15, -0.1) is 0 Å². The summed E-state index contributed by atoms with van der Waals surface area (Å²) in [7, 11) is 0. The van der Waals surface area contributed by atoms with Crippen molar-refractivity contribution >= 4 is 5.91 Å². The standard InChI is InChI=1S/C24H25N3O3/c1-16-7-8-21-19(13-16)23-20(15-29-21)22(26-30-23)24(28)25-18-9-11-27(12-10-18)14-17-5-3-2-4-6-17/h2-8,13,18H,9-12,14-15H2,1H3,(H,25,28). The third kappa shape index (κ3) is 3.71. The van der Waals surface area contributed by atoms with Crippen molar-refractivity contribution in [2.75, 3.05) is 13.1 Å². The van der Waals surface area contributed by atoms with Crippen LogP contribution in [0.25, 0.3) is 11.3 Å². The number of hydrogen-bond acceptors (Lipinski definition) is 5. The number of aromatic nitrogens is 1. The topological polar surface area (TPSA) is 67.6 Å². The highest BCUT2D eigenvalue weighted by molar-refractivity contribution is 5.95. The Labute approximate surface area is 175 Å². The van der Waals surface area contributed by atoms with E-state index in [0.717, 1.165) is 54.9 Å². The lowest BCUT2D eigenvalue weighted by Gasteiger charge is -2.32. The van der Waals surface area contributed by atoms with Gasteiger partial charge in [-0.25, -0.2) is 0 Å². The van der Waals surface area contributed by atoms with Gasteiger partial charge in [0.1, 0.15) is 12.4 Å². The Bertz CT molecular complexity index is 1050. The number of nitrogens with one attached hydrogen (secondary N) is 1. The van der Waals surface area contributed by atoms with Crippen LogP contribution in [0, 0.1) is 6.92 Å². The third-order valence-corrected chi connectivity index (χ3v) is 5.93. The molecule has 1 saturated heterocycles. The van der Waals surface area contributed by atoms with Gasteiger partial charge in [0, 0.05) is 25.7 Å². The van der Waals surface area contributed by atoms with Gasteiger partial charge in [0.2, 0.25) is 0 Å². The van der Waals surface area contributed by atoms with Crippen LogP contribution in [0.15, 0.2) is 53.1 Å². The van der Waals surface area contributed by atoms with Crippen LogP contribution in [0.4, 0.5) is 0 Å². The van der Waals surface area contributed by atoms with Crippen LogP contribution in [0.5, 0.6) is 5.75 Å². The quantitative estimate of drug-likeness (QED) is 0.715. The van der Waals surface area contributed by atoms with Crippen molar-refractivity contribution in [1.82, 2.24) is 15.4 Å². The average Bonchev–Trinajstić information content (AvgIpc) is 3.21. The van der Waals surface area contributed by atoms with Crippen LogP contribution in [0.2, 0.25) is 0 Å². The van der Waals surface area contributed by atoms with Gasteiger partial charge in [-0.05, 0) is 37.5 Å². The summed E-state index contributed by atoms with van der Waals surface area (Å²) in [5, 5.41) is 7.23. The van der Waals surface area contributed by atoms with Crippen LogP contribution in [0.1, 0.15) is 40.0 Å². The lowest BCUT2D eigenvalue weighted by Crippen LogP contribution is -2.44. The zero-order chi connectivity index (χ0) is 20.5. The van der Waals surface area contributed by atoms with E-state index in [2.05, 4.69) is 39.6 Å². The van der Waals surface area contributed by atoms with Gasteiger partial charge in [0.05, 0.1) is 11.1 Å². The number of rotatable bonds is 4. The number of benzene rings is 2. The van der Waals surface area contributed by atoms with Crippen LogP contribution in [-0.2, 0) is 13.2 Å². The summed E-state index contributed by atoms with van der Waals surface area (Å²) in [5.41, 5.74) is 4.35. The Balaban J connectivity index is 1.22. The summed E-state index contributed by atoms with van der Waals surface area (Å²) in [6, 6.07) is 16.6. The number of ether oxygens (including phenoxy) is 1. The summed E-state index contributed by atoms with van der Waals surface area (Å²) >= 11 is 0. The van der Waals surface area contributed by atoms with Crippen LogP contribution < -0.4 is 10.1 Å². The molecule has 0 spiro atoms. The maximum atomic E-state index is 12.9. The first-order chi connectivity index (χ1) is 14.7. The first-order valence-electron chi connectivity index (χ1n) is 10.5. The molecule has 1 amide bonds. The fourth-order valence-electron chi connectivity index (χ4n) is 4.26. The van der Waals surface area contributed by atoms with E-state index in [-0.39, 0.29) is 11.9 Å². The van der Waals surface area contributed by atoms with Crippen molar-refractivity contribution < 1.29 is 14.1 Å². The molecule has 1 aromatic heterocycles. The second-order valence-corrected chi connectivity index (χ2v) is 8.14. The molecule has 0 saturated carbocycles. The number of amides is 1. The maximum Gasteiger partial charge on any atom is 0.274 e. The Morgan fingerprint density at radius 3 is 2.77 bits per heavy atom. The van der Waals surface area contributed by atoms with E-state index in [4.69, 9.17) is 9.26 Å². The predicted octanol–water partition coefficient (Wildman–Crippen LogP) is 3.94. The van der Waals surface area contributed by atoms with Gasteiger partial charge in [-0.3, -0.25) is 9.69 Å². The van der Waals surface area contributed by atoms with E-state index in [1.165, 1.54) is 5.56 Å². The van der Waals surface area contributed by atoms with Gasteiger partial charge >= 0.3 is 0 Å². The van der Waals surface area contributed by atoms with Gasteiger partial charge in [0.15, 0.2) is 11.5 Å². The van der Waals surface area contributed by atoms with E-state index >= 15 is 0 Å².